The van der Waals surface area contributed by atoms with Gasteiger partial charge >= 0.3 is 0 Å². The lowest BCUT2D eigenvalue weighted by Gasteiger charge is -2.37. The van der Waals surface area contributed by atoms with E-state index in [1.54, 1.807) is 0 Å². The first-order chi connectivity index (χ1) is 13.0. The molecule has 1 atom stereocenters. The zero-order valence-electron chi connectivity index (χ0n) is 16.6. The van der Waals surface area contributed by atoms with Crippen LogP contribution in [0.1, 0.15) is 50.5 Å². The summed E-state index contributed by atoms with van der Waals surface area (Å²) < 4.78 is 5.31. The van der Waals surface area contributed by atoms with Crippen molar-refractivity contribution in [2.24, 2.45) is 5.73 Å². The van der Waals surface area contributed by atoms with E-state index in [0.717, 1.165) is 24.8 Å². The number of hydrogen-bond acceptors (Lipinski definition) is 4. The molecule has 0 aromatic heterocycles. The third kappa shape index (κ3) is 5.25. The molecule has 0 aliphatic carbocycles. The molecule has 3 rings (SSSR count). The molecule has 1 unspecified atom stereocenters. The van der Waals surface area contributed by atoms with Gasteiger partial charge in [-0.15, -0.1) is 12.4 Å². The van der Waals surface area contributed by atoms with Crippen molar-refractivity contribution in [2.75, 3.05) is 26.3 Å². The van der Waals surface area contributed by atoms with Crippen molar-refractivity contribution in [2.45, 2.75) is 56.5 Å². The van der Waals surface area contributed by atoms with Gasteiger partial charge in [-0.05, 0) is 37.7 Å². The number of carbonyl (C=O) groups excluding carboxylic acids is 2. The summed E-state index contributed by atoms with van der Waals surface area (Å²) in [5.74, 6) is 0.0198. The second-order valence-electron chi connectivity index (χ2n) is 7.71. The summed E-state index contributed by atoms with van der Waals surface area (Å²) in [6.45, 7) is 4.47. The Kier molecular flexibility index (Phi) is 8.28. The fraction of sp³-hybridized carbons (Fsp3) is 0.619. The van der Waals surface area contributed by atoms with E-state index in [-0.39, 0.29) is 36.2 Å². The molecule has 7 heteroatoms. The second-order valence-corrected chi connectivity index (χ2v) is 7.71. The summed E-state index contributed by atoms with van der Waals surface area (Å²) in [4.78, 5) is 27.5. The van der Waals surface area contributed by atoms with Gasteiger partial charge in [-0.2, -0.15) is 0 Å². The maximum absolute atomic E-state index is 13.0. The van der Waals surface area contributed by atoms with E-state index in [4.69, 9.17) is 10.5 Å². The molecule has 1 aromatic carbocycles. The average molecular weight is 410 g/mol. The number of nitrogens with zero attached hydrogens (tertiary/aromatic N) is 1. The summed E-state index contributed by atoms with van der Waals surface area (Å²) in [5, 5.41) is 3.11. The van der Waals surface area contributed by atoms with E-state index >= 15 is 0 Å². The SMILES string of the molecule is CCC(C(=O)N1CCC(NC(=O)C2(N)CCOCC2)CC1)c1ccccc1.Cl. The lowest BCUT2D eigenvalue weighted by Crippen LogP contribution is -2.59. The van der Waals surface area contributed by atoms with Crippen molar-refractivity contribution in [1.29, 1.82) is 0 Å². The van der Waals surface area contributed by atoms with E-state index in [9.17, 15) is 9.59 Å². The molecule has 28 heavy (non-hydrogen) atoms. The maximum Gasteiger partial charge on any atom is 0.240 e. The molecule has 2 amide bonds. The van der Waals surface area contributed by atoms with Gasteiger partial charge < -0.3 is 20.7 Å². The van der Waals surface area contributed by atoms with Crippen LogP contribution in [-0.4, -0.2) is 54.6 Å². The normalized spacial score (nSPS) is 20.7. The standard InChI is InChI=1S/C21H31N3O3.ClH/c1-2-18(16-6-4-3-5-7-16)19(25)24-12-8-17(9-13-24)23-20(26)21(22)10-14-27-15-11-21;/h3-7,17-18H,2,8-15,22H2,1H3,(H,23,26);1H. The Morgan fingerprint density at radius 2 is 1.82 bits per heavy atom. The number of piperidine rings is 1. The Bertz CT molecular complexity index is 642. The van der Waals surface area contributed by atoms with Crippen molar-refractivity contribution in [3.05, 3.63) is 35.9 Å². The van der Waals surface area contributed by atoms with Crippen molar-refractivity contribution in [3.8, 4) is 0 Å². The molecule has 0 saturated carbocycles. The van der Waals surface area contributed by atoms with Crippen LogP contribution in [0.3, 0.4) is 0 Å². The van der Waals surface area contributed by atoms with E-state index in [0.29, 0.717) is 39.1 Å². The molecule has 156 valence electrons. The molecular weight excluding hydrogens is 378 g/mol. The molecule has 2 fully saturated rings. The lowest BCUT2D eigenvalue weighted by atomic mass is 9.89. The van der Waals surface area contributed by atoms with E-state index in [2.05, 4.69) is 12.2 Å². The van der Waals surface area contributed by atoms with Gasteiger partial charge in [-0.3, -0.25) is 9.59 Å². The third-order valence-corrected chi connectivity index (χ3v) is 5.89. The van der Waals surface area contributed by atoms with Gasteiger partial charge in [0.15, 0.2) is 0 Å². The van der Waals surface area contributed by atoms with Crippen LogP contribution in [0.15, 0.2) is 30.3 Å². The highest BCUT2D eigenvalue weighted by Crippen LogP contribution is 2.24. The first-order valence-corrected chi connectivity index (χ1v) is 10.0. The monoisotopic (exact) mass is 409 g/mol. The van der Waals surface area contributed by atoms with Gasteiger partial charge in [0.25, 0.3) is 0 Å². The quantitative estimate of drug-likeness (QED) is 0.780. The van der Waals surface area contributed by atoms with Gasteiger partial charge in [0, 0.05) is 32.3 Å². The van der Waals surface area contributed by atoms with Crippen LogP contribution in [-0.2, 0) is 14.3 Å². The Hall–Kier alpha value is -1.63. The van der Waals surface area contributed by atoms with Crippen LogP contribution in [0.4, 0.5) is 0 Å². The molecule has 2 aliphatic heterocycles. The van der Waals surface area contributed by atoms with Crippen molar-refractivity contribution in [3.63, 3.8) is 0 Å². The number of nitrogens with one attached hydrogen (secondary N) is 1. The number of nitrogens with two attached hydrogens (primary N) is 1. The summed E-state index contributed by atoms with van der Waals surface area (Å²) in [6.07, 6.45) is 3.46. The molecule has 2 heterocycles. The van der Waals surface area contributed by atoms with Gasteiger partial charge in [-0.25, -0.2) is 0 Å². The van der Waals surface area contributed by atoms with Crippen LogP contribution < -0.4 is 11.1 Å². The van der Waals surface area contributed by atoms with Crippen LogP contribution >= 0.6 is 12.4 Å². The Morgan fingerprint density at radius 3 is 2.39 bits per heavy atom. The zero-order valence-corrected chi connectivity index (χ0v) is 17.4. The number of likely N-dealkylation sites (tertiary alicyclic amines) is 1. The smallest absolute Gasteiger partial charge is 0.240 e. The first kappa shape index (κ1) is 22.7. The summed E-state index contributed by atoms with van der Waals surface area (Å²) in [6, 6.07) is 10.1. The highest BCUT2D eigenvalue weighted by atomic mass is 35.5. The van der Waals surface area contributed by atoms with E-state index < -0.39 is 5.54 Å². The summed E-state index contributed by atoms with van der Waals surface area (Å²) in [5.41, 5.74) is 6.52. The van der Waals surface area contributed by atoms with Crippen molar-refractivity contribution >= 4 is 24.2 Å². The van der Waals surface area contributed by atoms with Gasteiger partial charge in [0.2, 0.25) is 11.8 Å². The van der Waals surface area contributed by atoms with Gasteiger partial charge in [-0.1, -0.05) is 37.3 Å². The fourth-order valence-electron chi connectivity index (χ4n) is 3.99. The zero-order chi connectivity index (χ0) is 19.3. The number of carbonyl (C=O) groups is 2. The molecule has 3 N–H and O–H groups in total. The molecule has 6 nitrogen and oxygen atoms in total. The fourth-order valence-corrected chi connectivity index (χ4v) is 3.99. The van der Waals surface area contributed by atoms with Crippen molar-refractivity contribution < 1.29 is 14.3 Å². The van der Waals surface area contributed by atoms with Gasteiger partial charge in [0.05, 0.1) is 11.5 Å². The molecular formula is C21H32ClN3O3. The number of amides is 2. The van der Waals surface area contributed by atoms with E-state index in [1.165, 1.54) is 0 Å². The van der Waals surface area contributed by atoms with Crippen LogP contribution in [0.2, 0.25) is 0 Å². The van der Waals surface area contributed by atoms with Crippen LogP contribution in [0, 0.1) is 0 Å². The molecule has 0 radical (unpaired) electrons. The topological polar surface area (TPSA) is 84.7 Å². The summed E-state index contributed by atoms with van der Waals surface area (Å²) in [7, 11) is 0. The van der Waals surface area contributed by atoms with Crippen molar-refractivity contribution in [1.82, 2.24) is 10.2 Å². The molecule has 1 aromatic rings. The Labute approximate surface area is 173 Å². The molecule has 0 spiro atoms. The van der Waals surface area contributed by atoms with Gasteiger partial charge in [0.1, 0.15) is 0 Å². The second kappa shape index (κ2) is 10.2. The number of ether oxygens (including phenoxy) is 1. The molecule has 0 bridgehead atoms. The highest BCUT2D eigenvalue weighted by Gasteiger charge is 2.37. The summed E-state index contributed by atoms with van der Waals surface area (Å²) >= 11 is 0. The minimum Gasteiger partial charge on any atom is -0.381 e. The first-order valence-electron chi connectivity index (χ1n) is 10.0. The van der Waals surface area contributed by atoms with Crippen LogP contribution in [0.25, 0.3) is 0 Å². The third-order valence-electron chi connectivity index (χ3n) is 5.89. The number of halogens is 1. The predicted molar refractivity (Wildman–Crippen MR) is 111 cm³/mol. The molecule has 2 aliphatic rings. The minimum absolute atomic E-state index is 0. The minimum atomic E-state index is -0.814. The Balaban J connectivity index is 0.00000280. The Morgan fingerprint density at radius 1 is 1.21 bits per heavy atom. The predicted octanol–water partition coefficient (Wildman–Crippen LogP) is 2.22. The van der Waals surface area contributed by atoms with E-state index in [1.807, 2.05) is 35.2 Å². The largest absolute Gasteiger partial charge is 0.381 e. The molecule has 2 saturated heterocycles. The average Bonchev–Trinajstić information content (AvgIpc) is 2.70. The number of benzene rings is 1. The van der Waals surface area contributed by atoms with Crippen LogP contribution in [0.5, 0.6) is 0 Å². The lowest BCUT2D eigenvalue weighted by molar-refractivity contribution is -0.134. The highest BCUT2D eigenvalue weighted by molar-refractivity contribution is 5.86. The number of rotatable bonds is 5. The number of hydrogen-bond donors (Lipinski definition) is 2. The maximum atomic E-state index is 13.0.